The Bertz CT molecular complexity index is 386. The maximum Gasteiger partial charge on any atom is 0.230 e. The zero-order chi connectivity index (χ0) is 13.0. The molecule has 1 aromatic heterocycles. The van der Waals surface area contributed by atoms with Crippen LogP contribution in [0.25, 0.3) is 0 Å². The van der Waals surface area contributed by atoms with E-state index in [1.807, 2.05) is 0 Å². The number of nitrogens with zero attached hydrogens (tertiary/aromatic N) is 2. The van der Waals surface area contributed by atoms with Gasteiger partial charge in [0.2, 0.25) is 11.8 Å². The molecule has 0 bridgehead atoms. The largest absolute Gasteiger partial charge is 0.369 e. The van der Waals surface area contributed by atoms with Crippen molar-refractivity contribution in [3.63, 3.8) is 0 Å². The summed E-state index contributed by atoms with van der Waals surface area (Å²) in [5.74, 6) is -0.796. The smallest absolute Gasteiger partial charge is 0.230 e. The number of aromatic nitrogens is 2. The second-order valence-electron chi connectivity index (χ2n) is 3.16. The van der Waals surface area contributed by atoms with E-state index in [0.717, 1.165) is 0 Å². The van der Waals surface area contributed by atoms with E-state index < -0.39 is 11.8 Å². The molecule has 6 nitrogen and oxygen atoms in total. The second-order valence-corrected chi connectivity index (χ2v) is 7.31. The third-order valence-corrected chi connectivity index (χ3v) is 5.07. The van der Waals surface area contributed by atoms with Gasteiger partial charge in [0.1, 0.15) is 0 Å². The molecule has 0 aliphatic heterocycles. The number of carbonyl (C=O) groups excluding carboxylic acids is 2. The highest BCUT2D eigenvalue weighted by molar-refractivity contribution is 8.04. The molecule has 0 aromatic carbocycles. The van der Waals surface area contributed by atoms with Crippen LogP contribution in [-0.2, 0) is 9.59 Å². The Morgan fingerprint density at radius 1 is 1.06 bits per heavy atom. The maximum atomic E-state index is 10.9. The lowest BCUT2D eigenvalue weighted by Gasteiger charge is -2.02. The molecule has 0 saturated heterocycles. The first kappa shape index (κ1) is 14.3. The molecule has 4 N–H and O–H groups in total. The molecule has 0 aliphatic carbocycles. The SMILES string of the molecule is C[C@H](Sc1nnc(S[C@H](C)C(N)=O)s1)C(N)=O. The van der Waals surface area contributed by atoms with Crippen LogP contribution in [0, 0.1) is 0 Å². The summed E-state index contributed by atoms with van der Waals surface area (Å²) < 4.78 is 1.30. The van der Waals surface area contributed by atoms with Crippen LogP contribution >= 0.6 is 34.9 Å². The molecule has 9 heteroatoms. The average Bonchev–Trinajstić information content (AvgIpc) is 2.65. The molecule has 0 radical (unpaired) electrons. The van der Waals surface area contributed by atoms with Crippen molar-refractivity contribution in [2.24, 2.45) is 11.5 Å². The molecule has 0 saturated carbocycles. The van der Waals surface area contributed by atoms with E-state index in [1.54, 1.807) is 13.8 Å². The summed E-state index contributed by atoms with van der Waals surface area (Å²) in [5.41, 5.74) is 10.3. The van der Waals surface area contributed by atoms with Crippen molar-refractivity contribution < 1.29 is 9.59 Å². The lowest BCUT2D eigenvalue weighted by molar-refractivity contribution is -0.118. The molecule has 0 spiro atoms. The first-order valence-corrected chi connectivity index (χ1v) is 7.23. The first-order valence-electron chi connectivity index (χ1n) is 4.65. The van der Waals surface area contributed by atoms with Gasteiger partial charge in [-0.1, -0.05) is 34.9 Å². The van der Waals surface area contributed by atoms with Crippen molar-refractivity contribution in [1.29, 1.82) is 0 Å². The summed E-state index contributed by atoms with van der Waals surface area (Å²) in [6.45, 7) is 3.40. The molecule has 2 amide bonds. The van der Waals surface area contributed by atoms with E-state index in [0.29, 0.717) is 8.68 Å². The Morgan fingerprint density at radius 2 is 1.41 bits per heavy atom. The van der Waals surface area contributed by atoms with Gasteiger partial charge in [-0.2, -0.15) is 0 Å². The predicted molar refractivity (Wildman–Crippen MR) is 68.9 cm³/mol. The third-order valence-electron chi connectivity index (χ3n) is 1.74. The van der Waals surface area contributed by atoms with Gasteiger partial charge in [0.15, 0.2) is 8.68 Å². The quantitative estimate of drug-likeness (QED) is 0.737. The maximum absolute atomic E-state index is 10.9. The van der Waals surface area contributed by atoms with Crippen LogP contribution in [-0.4, -0.2) is 32.5 Å². The number of primary amides is 2. The summed E-state index contributed by atoms with van der Waals surface area (Å²) in [5, 5.41) is 7.10. The normalized spacial score (nSPS) is 14.2. The fourth-order valence-corrected chi connectivity index (χ4v) is 3.92. The summed E-state index contributed by atoms with van der Waals surface area (Å²) >= 11 is 3.81. The van der Waals surface area contributed by atoms with E-state index >= 15 is 0 Å². The van der Waals surface area contributed by atoms with Crippen molar-refractivity contribution in [2.45, 2.75) is 33.0 Å². The van der Waals surface area contributed by atoms with Crippen molar-refractivity contribution in [3.05, 3.63) is 0 Å². The van der Waals surface area contributed by atoms with Crippen molar-refractivity contribution in [1.82, 2.24) is 10.2 Å². The standard InChI is InChI=1S/C8H12N4O2S3/c1-3(5(9)13)15-7-11-12-8(17-7)16-4(2)6(10)14/h3-4H,1-2H3,(H2,9,13)(H2,10,14)/t3-,4+. The van der Waals surface area contributed by atoms with Crippen LogP contribution in [0.15, 0.2) is 8.68 Å². The molecule has 2 atom stereocenters. The van der Waals surface area contributed by atoms with Crippen LogP contribution in [0.2, 0.25) is 0 Å². The van der Waals surface area contributed by atoms with Gasteiger partial charge in [-0.25, -0.2) is 0 Å². The minimum Gasteiger partial charge on any atom is -0.369 e. The Kier molecular flexibility index (Phi) is 5.22. The summed E-state index contributed by atoms with van der Waals surface area (Å²) in [6.07, 6.45) is 0. The molecule has 0 aliphatic rings. The van der Waals surface area contributed by atoms with Gasteiger partial charge < -0.3 is 11.5 Å². The van der Waals surface area contributed by atoms with Crippen LogP contribution in [0.5, 0.6) is 0 Å². The molecular weight excluding hydrogens is 280 g/mol. The molecule has 94 valence electrons. The van der Waals surface area contributed by atoms with Crippen LogP contribution < -0.4 is 11.5 Å². The number of rotatable bonds is 6. The topological polar surface area (TPSA) is 112 Å². The molecule has 0 unspecified atom stereocenters. The van der Waals surface area contributed by atoms with Crippen LogP contribution in [0.4, 0.5) is 0 Å². The number of thioether (sulfide) groups is 2. The molecule has 1 aromatic rings. The minimum absolute atomic E-state index is 0.352. The summed E-state index contributed by atoms with van der Waals surface area (Å²) in [7, 11) is 0. The van der Waals surface area contributed by atoms with Crippen molar-refractivity contribution in [3.8, 4) is 0 Å². The molecular formula is C8H12N4O2S3. The van der Waals surface area contributed by atoms with E-state index in [4.69, 9.17) is 11.5 Å². The van der Waals surface area contributed by atoms with Gasteiger partial charge in [0, 0.05) is 0 Å². The van der Waals surface area contributed by atoms with Crippen molar-refractivity contribution in [2.75, 3.05) is 0 Å². The third kappa shape index (κ3) is 4.52. The Balaban J connectivity index is 2.59. The van der Waals surface area contributed by atoms with E-state index in [1.165, 1.54) is 34.9 Å². The highest BCUT2D eigenvalue weighted by Gasteiger charge is 2.17. The van der Waals surface area contributed by atoms with Gasteiger partial charge in [-0.3, -0.25) is 9.59 Å². The summed E-state index contributed by atoms with van der Waals surface area (Å²) in [4.78, 5) is 21.7. The summed E-state index contributed by atoms with van der Waals surface area (Å²) in [6, 6.07) is 0. The Labute approximate surface area is 111 Å². The zero-order valence-corrected chi connectivity index (χ0v) is 11.7. The van der Waals surface area contributed by atoms with E-state index in [-0.39, 0.29) is 10.5 Å². The number of hydrogen-bond donors (Lipinski definition) is 2. The van der Waals surface area contributed by atoms with Gasteiger partial charge in [-0.05, 0) is 13.8 Å². The molecule has 1 heterocycles. The van der Waals surface area contributed by atoms with Crippen LogP contribution in [0.3, 0.4) is 0 Å². The highest BCUT2D eigenvalue weighted by atomic mass is 32.2. The Hall–Kier alpha value is -0.800. The fourth-order valence-electron chi connectivity index (χ4n) is 0.711. The van der Waals surface area contributed by atoms with Gasteiger partial charge in [0.05, 0.1) is 10.5 Å². The zero-order valence-electron chi connectivity index (χ0n) is 9.25. The number of nitrogens with two attached hydrogens (primary N) is 2. The first-order chi connectivity index (χ1) is 7.90. The molecule has 0 fully saturated rings. The number of hydrogen-bond acceptors (Lipinski definition) is 7. The monoisotopic (exact) mass is 292 g/mol. The fraction of sp³-hybridized carbons (Fsp3) is 0.500. The second kappa shape index (κ2) is 6.22. The highest BCUT2D eigenvalue weighted by Crippen LogP contribution is 2.32. The number of carbonyl (C=O) groups is 2. The molecule has 1 rings (SSSR count). The lowest BCUT2D eigenvalue weighted by Crippen LogP contribution is -2.22. The van der Waals surface area contributed by atoms with E-state index in [9.17, 15) is 9.59 Å². The van der Waals surface area contributed by atoms with Gasteiger partial charge in [0.25, 0.3) is 0 Å². The number of amides is 2. The minimum atomic E-state index is -0.398. The van der Waals surface area contributed by atoms with Gasteiger partial charge in [-0.15, -0.1) is 10.2 Å². The van der Waals surface area contributed by atoms with Crippen molar-refractivity contribution >= 4 is 46.7 Å². The lowest BCUT2D eigenvalue weighted by atomic mass is 10.5. The van der Waals surface area contributed by atoms with Crippen LogP contribution in [0.1, 0.15) is 13.8 Å². The predicted octanol–water partition coefficient (Wildman–Crippen LogP) is 0.470. The van der Waals surface area contributed by atoms with E-state index in [2.05, 4.69) is 10.2 Å². The van der Waals surface area contributed by atoms with Gasteiger partial charge >= 0.3 is 0 Å². The average molecular weight is 292 g/mol. The Morgan fingerprint density at radius 3 is 1.71 bits per heavy atom. The molecule has 17 heavy (non-hydrogen) atoms.